The normalized spacial score (nSPS) is 11.6. The van der Waals surface area contributed by atoms with Crippen LogP contribution in [-0.2, 0) is 10.0 Å². The van der Waals surface area contributed by atoms with E-state index in [0.717, 1.165) is 5.56 Å². The average Bonchev–Trinajstić information content (AvgIpc) is 2.50. The Labute approximate surface area is 146 Å². The molecule has 23 heavy (non-hydrogen) atoms. The Bertz CT molecular complexity index is 820. The van der Waals surface area contributed by atoms with Crippen LogP contribution in [0.15, 0.2) is 41.3 Å². The summed E-state index contributed by atoms with van der Waals surface area (Å²) in [6, 6.07) is 9.33. The third kappa shape index (κ3) is 4.10. The van der Waals surface area contributed by atoms with Crippen LogP contribution in [0.3, 0.4) is 0 Å². The van der Waals surface area contributed by atoms with Gasteiger partial charge in [0.05, 0.1) is 22.7 Å². The molecule has 0 fully saturated rings. The van der Waals surface area contributed by atoms with Gasteiger partial charge in [-0.15, -0.1) is 0 Å². The average molecular weight is 374 g/mol. The molecular weight excluding hydrogens is 357 g/mol. The quantitative estimate of drug-likeness (QED) is 0.808. The van der Waals surface area contributed by atoms with Gasteiger partial charge in [0.15, 0.2) is 0 Å². The van der Waals surface area contributed by atoms with Crippen molar-refractivity contribution in [2.24, 2.45) is 0 Å². The van der Waals surface area contributed by atoms with Crippen molar-refractivity contribution in [1.82, 2.24) is 0 Å². The standard InChI is InChI=1S/C16H17Cl2NO3S/c1-10(2)13-9-12(5-7-16(13)22-3)23(20,21)19-15-8-11(17)4-6-14(15)18/h4-10,19H,1-3H3. The first-order chi connectivity index (χ1) is 10.7. The van der Waals surface area contributed by atoms with E-state index in [1.807, 2.05) is 13.8 Å². The number of hydrogen-bond acceptors (Lipinski definition) is 3. The van der Waals surface area contributed by atoms with Crippen LogP contribution in [0.25, 0.3) is 0 Å². The van der Waals surface area contributed by atoms with Crippen LogP contribution >= 0.6 is 23.2 Å². The van der Waals surface area contributed by atoms with Gasteiger partial charge in [-0.2, -0.15) is 0 Å². The number of nitrogens with one attached hydrogen (secondary N) is 1. The Hall–Kier alpha value is -1.43. The zero-order chi connectivity index (χ0) is 17.2. The molecule has 1 N–H and O–H groups in total. The highest BCUT2D eigenvalue weighted by atomic mass is 35.5. The molecule has 0 atom stereocenters. The number of hydrogen-bond donors (Lipinski definition) is 1. The van der Waals surface area contributed by atoms with Gasteiger partial charge < -0.3 is 4.74 Å². The van der Waals surface area contributed by atoms with Crippen LogP contribution in [0.2, 0.25) is 10.0 Å². The molecule has 0 saturated heterocycles. The van der Waals surface area contributed by atoms with E-state index in [-0.39, 0.29) is 21.5 Å². The number of ether oxygens (including phenoxy) is 1. The second-order valence-electron chi connectivity index (χ2n) is 5.29. The third-order valence-electron chi connectivity index (χ3n) is 3.31. The molecule has 0 unspecified atom stereocenters. The molecule has 0 aliphatic rings. The summed E-state index contributed by atoms with van der Waals surface area (Å²) in [5, 5.41) is 0.667. The van der Waals surface area contributed by atoms with Gasteiger partial charge in [0.1, 0.15) is 5.75 Å². The van der Waals surface area contributed by atoms with Crippen molar-refractivity contribution in [3.05, 3.63) is 52.0 Å². The lowest BCUT2D eigenvalue weighted by Crippen LogP contribution is -2.14. The summed E-state index contributed by atoms with van der Waals surface area (Å²) < 4.78 is 32.9. The van der Waals surface area contributed by atoms with E-state index in [1.54, 1.807) is 25.3 Å². The highest BCUT2D eigenvalue weighted by molar-refractivity contribution is 7.92. The summed E-state index contributed by atoms with van der Waals surface area (Å²) in [5.74, 6) is 0.773. The molecular formula is C16H17Cl2NO3S. The molecule has 124 valence electrons. The minimum Gasteiger partial charge on any atom is -0.496 e. The number of anilines is 1. The Morgan fingerprint density at radius 2 is 1.78 bits per heavy atom. The van der Waals surface area contributed by atoms with E-state index in [1.165, 1.54) is 18.2 Å². The molecule has 2 aromatic rings. The number of sulfonamides is 1. The fourth-order valence-electron chi connectivity index (χ4n) is 2.11. The molecule has 7 heteroatoms. The molecule has 0 amide bonds. The van der Waals surface area contributed by atoms with E-state index in [9.17, 15) is 8.42 Å². The Morgan fingerprint density at radius 1 is 1.09 bits per heavy atom. The first-order valence-corrected chi connectivity index (χ1v) is 9.14. The second kappa shape index (κ2) is 6.99. The molecule has 0 saturated carbocycles. The zero-order valence-electron chi connectivity index (χ0n) is 12.9. The van der Waals surface area contributed by atoms with E-state index in [0.29, 0.717) is 10.8 Å². The molecule has 0 spiro atoms. The van der Waals surface area contributed by atoms with Gasteiger partial charge in [0.25, 0.3) is 10.0 Å². The SMILES string of the molecule is COc1ccc(S(=O)(=O)Nc2cc(Cl)ccc2Cl)cc1C(C)C. The summed E-state index contributed by atoms with van der Waals surface area (Å²) in [7, 11) is -2.23. The van der Waals surface area contributed by atoms with E-state index < -0.39 is 10.0 Å². The van der Waals surface area contributed by atoms with Crippen LogP contribution in [-0.4, -0.2) is 15.5 Å². The Balaban J connectivity index is 2.44. The molecule has 0 aliphatic carbocycles. The molecule has 0 aliphatic heterocycles. The first-order valence-electron chi connectivity index (χ1n) is 6.90. The van der Waals surface area contributed by atoms with Gasteiger partial charge in [0.2, 0.25) is 0 Å². The molecule has 2 aromatic carbocycles. The van der Waals surface area contributed by atoms with E-state index in [2.05, 4.69) is 4.72 Å². The highest BCUT2D eigenvalue weighted by Gasteiger charge is 2.19. The smallest absolute Gasteiger partial charge is 0.261 e. The maximum atomic E-state index is 12.6. The van der Waals surface area contributed by atoms with Crippen molar-refractivity contribution in [2.45, 2.75) is 24.7 Å². The lowest BCUT2D eigenvalue weighted by molar-refractivity contribution is 0.407. The Kier molecular flexibility index (Phi) is 5.45. The predicted molar refractivity (Wildman–Crippen MR) is 94.4 cm³/mol. The number of halogens is 2. The lowest BCUT2D eigenvalue weighted by Gasteiger charge is -2.15. The zero-order valence-corrected chi connectivity index (χ0v) is 15.3. The fraction of sp³-hybridized carbons (Fsp3) is 0.250. The predicted octanol–water partition coefficient (Wildman–Crippen LogP) is 4.93. The minimum atomic E-state index is -3.78. The van der Waals surface area contributed by atoms with Crippen molar-refractivity contribution in [3.8, 4) is 5.75 Å². The van der Waals surface area contributed by atoms with Crippen molar-refractivity contribution >= 4 is 38.9 Å². The van der Waals surface area contributed by atoms with Crippen LogP contribution in [0.1, 0.15) is 25.3 Å². The first kappa shape index (κ1) is 17.9. The van der Waals surface area contributed by atoms with Crippen molar-refractivity contribution in [2.75, 3.05) is 11.8 Å². The van der Waals surface area contributed by atoms with E-state index >= 15 is 0 Å². The molecule has 0 bridgehead atoms. The van der Waals surface area contributed by atoms with Gasteiger partial charge in [0, 0.05) is 5.02 Å². The van der Waals surface area contributed by atoms with Crippen molar-refractivity contribution < 1.29 is 13.2 Å². The van der Waals surface area contributed by atoms with Gasteiger partial charge in [-0.1, -0.05) is 37.0 Å². The molecule has 0 radical (unpaired) electrons. The number of rotatable bonds is 5. The van der Waals surface area contributed by atoms with Crippen LogP contribution in [0, 0.1) is 0 Å². The monoisotopic (exact) mass is 373 g/mol. The number of benzene rings is 2. The summed E-state index contributed by atoms with van der Waals surface area (Å²) >= 11 is 11.9. The van der Waals surface area contributed by atoms with Gasteiger partial charge in [-0.25, -0.2) is 8.42 Å². The van der Waals surface area contributed by atoms with Gasteiger partial charge in [-0.3, -0.25) is 4.72 Å². The van der Waals surface area contributed by atoms with E-state index in [4.69, 9.17) is 27.9 Å². The number of methoxy groups -OCH3 is 1. The second-order valence-corrected chi connectivity index (χ2v) is 7.81. The fourth-order valence-corrected chi connectivity index (χ4v) is 3.61. The maximum absolute atomic E-state index is 12.6. The summed E-state index contributed by atoms with van der Waals surface area (Å²) in [6.45, 7) is 3.94. The molecule has 4 nitrogen and oxygen atoms in total. The summed E-state index contributed by atoms with van der Waals surface area (Å²) in [4.78, 5) is 0.137. The maximum Gasteiger partial charge on any atom is 0.261 e. The summed E-state index contributed by atoms with van der Waals surface area (Å²) in [6.07, 6.45) is 0. The minimum absolute atomic E-state index is 0.120. The third-order valence-corrected chi connectivity index (χ3v) is 5.23. The van der Waals surface area contributed by atoms with Gasteiger partial charge >= 0.3 is 0 Å². The molecule has 2 rings (SSSR count). The Morgan fingerprint density at radius 3 is 2.39 bits per heavy atom. The lowest BCUT2D eigenvalue weighted by atomic mass is 10.0. The topological polar surface area (TPSA) is 55.4 Å². The van der Waals surface area contributed by atoms with Crippen LogP contribution in [0.4, 0.5) is 5.69 Å². The summed E-state index contributed by atoms with van der Waals surface area (Å²) in [5.41, 5.74) is 1.05. The highest BCUT2D eigenvalue weighted by Crippen LogP contribution is 2.31. The van der Waals surface area contributed by atoms with Crippen LogP contribution < -0.4 is 9.46 Å². The van der Waals surface area contributed by atoms with Crippen molar-refractivity contribution in [3.63, 3.8) is 0 Å². The van der Waals surface area contributed by atoms with Crippen molar-refractivity contribution in [1.29, 1.82) is 0 Å². The van der Waals surface area contributed by atoms with Crippen LogP contribution in [0.5, 0.6) is 5.75 Å². The van der Waals surface area contributed by atoms with Gasteiger partial charge in [-0.05, 0) is 47.9 Å². The molecule has 0 aromatic heterocycles. The largest absolute Gasteiger partial charge is 0.496 e. The molecule has 0 heterocycles.